The van der Waals surface area contributed by atoms with Crippen LogP contribution >= 0.6 is 0 Å². The summed E-state index contributed by atoms with van der Waals surface area (Å²) in [6.07, 6.45) is 1.10. The maximum absolute atomic E-state index is 11.5. The molecule has 2 aromatic rings. The molecule has 1 heterocycles. The molecule has 0 amide bonds. The number of nitrogens with zero attached hydrogens (tertiary/aromatic N) is 2. The summed E-state index contributed by atoms with van der Waals surface area (Å²) in [5, 5.41) is 0. The molecule has 3 rings (SSSR count). The van der Waals surface area contributed by atoms with E-state index >= 15 is 0 Å². The molecule has 3 heteroatoms. The summed E-state index contributed by atoms with van der Waals surface area (Å²) in [5.74, 6) is 0. The van der Waals surface area contributed by atoms with Gasteiger partial charge in [0, 0.05) is 32.7 Å². The van der Waals surface area contributed by atoms with Crippen molar-refractivity contribution in [2.45, 2.75) is 19.1 Å². The smallest absolute Gasteiger partial charge is 0.138 e. The molecule has 0 N–H and O–H groups in total. The first-order valence-electron chi connectivity index (χ1n) is 7.85. The first-order chi connectivity index (χ1) is 10.8. The van der Waals surface area contributed by atoms with Gasteiger partial charge in [-0.1, -0.05) is 60.7 Å². The SMILES string of the molecule is O=C[C@@H]1CN(Cc2ccccc2)CCN1Cc1ccccc1. The van der Waals surface area contributed by atoms with E-state index in [1.54, 1.807) is 0 Å². The van der Waals surface area contributed by atoms with Crippen molar-refractivity contribution < 1.29 is 4.79 Å². The lowest BCUT2D eigenvalue weighted by Gasteiger charge is -2.39. The number of carbonyl (C=O) groups is 1. The van der Waals surface area contributed by atoms with E-state index in [1.807, 2.05) is 12.1 Å². The number of hydrogen-bond acceptors (Lipinski definition) is 3. The van der Waals surface area contributed by atoms with Gasteiger partial charge >= 0.3 is 0 Å². The zero-order valence-corrected chi connectivity index (χ0v) is 12.8. The van der Waals surface area contributed by atoms with Gasteiger partial charge in [-0.2, -0.15) is 0 Å². The number of piperazine rings is 1. The number of aldehydes is 1. The van der Waals surface area contributed by atoms with Crippen molar-refractivity contribution in [1.29, 1.82) is 0 Å². The fourth-order valence-corrected chi connectivity index (χ4v) is 3.04. The quantitative estimate of drug-likeness (QED) is 0.792. The summed E-state index contributed by atoms with van der Waals surface area (Å²) in [7, 11) is 0. The van der Waals surface area contributed by atoms with E-state index in [9.17, 15) is 4.79 Å². The van der Waals surface area contributed by atoms with Gasteiger partial charge in [0.05, 0.1) is 6.04 Å². The minimum atomic E-state index is -0.0160. The number of carbonyl (C=O) groups excluding carboxylic acids is 1. The van der Waals surface area contributed by atoms with E-state index in [2.05, 4.69) is 58.3 Å². The third kappa shape index (κ3) is 3.81. The van der Waals surface area contributed by atoms with Crippen LogP contribution in [0.5, 0.6) is 0 Å². The Kier molecular flexibility index (Phi) is 4.99. The van der Waals surface area contributed by atoms with E-state index in [0.717, 1.165) is 39.0 Å². The minimum absolute atomic E-state index is 0.0160. The molecule has 0 saturated carbocycles. The van der Waals surface area contributed by atoms with Crippen LogP contribution in [0, 0.1) is 0 Å². The van der Waals surface area contributed by atoms with Crippen LogP contribution in [0.25, 0.3) is 0 Å². The Balaban J connectivity index is 1.60. The predicted octanol–water partition coefficient (Wildman–Crippen LogP) is 2.57. The monoisotopic (exact) mass is 294 g/mol. The molecule has 0 unspecified atom stereocenters. The summed E-state index contributed by atoms with van der Waals surface area (Å²) >= 11 is 0. The largest absolute Gasteiger partial charge is 0.302 e. The molecule has 0 aliphatic carbocycles. The lowest BCUT2D eigenvalue weighted by Crippen LogP contribution is -2.53. The topological polar surface area (TPSA) is 23.6 Å². The van der Waals surface area contributed by atoms with Gasteiger partial charge in [-0.3, -0.25) is 9.80 Å². The maximum atomic E-state index is 11.5. The molecular formula is C19H22N2O. The molecule has 0 radical (unpaired) electrons. The van der Waals surface area contributed by atoms with Gasteiger partial charge in [0.15, 0.2) is 0 Å². The Morgan fingerprint density at radius 2 is 1.45 bits per heavy atom. The fourth-order valence-electron chi connectivity index (χ4n) is 3.04. The van der Waals surface area contributed by atoms with Crippen molar-refractivity contribution in [2.75, 3.05) is 19.6 Å². The van der Waals surface area contributed by atoms with Crippen molar-refractivity contribution in [1.82, 2.24) is 9.80 Å². The molecule has 0 spiro atoms. The average Bonchev–Trinajstić information content (AvgIpc) is 2.58. The zero-order valence-electron chi connectivity index (χ0n) is 12.8. The lowest BCUT2D eigenvalue weighted by molar-refractivity contribution is -0.115. The highest BCUT2D eigenvalue weighted by Crippen LogP contribution is 2.15. The van der Waals surface area contributed by atoms with Crippen LogP contribution in [-0.4, -0.2) is 41.8 Å². The molecule has 114 valence electrons. The van der Waals surface area contributed by atoms with E-state index in [-0.39, 0.29) is 6.04 Å². The van der Waals surface area contributed by atoms with Crippen molar-refractivity contribution in [3.63, 3.8) is 0 Å². The Morgan fingerprint density at radius 1 is 0.864 bits per heavy atom. The Labute approximate surface area is 132 Å². The molecule has 0 bridgehead atoms. The van der Waals surface area contributed by atoms with E-state index in [0.29, 0.717) is 0 Å². The third-order valence-corrected chi connectivity index (χ3v) is 4.25. The summed E-state index contributed by atoms with van der Waals surface area (Å²) in [6.45, 7) is 4.52. The maximum Gasteiger partial charge on any atom is 0.138 e. The molecule has 2 aromatic carbocycles. The zero-order chi connectivity index (χ0) is 15.2. The molecule has 3 nitrogen and oxygen atoms in total. The average molecular weight is 294 g/mol. The van der Waals surface area contributed by atoms with Crippen molar-refractivity contribution in [2.24, 2.45) is 0 Å². The lowest BCUT2D eigenvalue weighted by atomic mass is 10.1. The normalized spacial score (nSPS) is 19.9. The third-order valence-electron chi connectivity index (χ3n) is 4.25. The molecule has 1 fully saturated rings. The van der Waals surface area contributed by atoms with Gasteiger partial charge < -0.3 is 4.79 Å². The molecular weight excluding hydrogens is 272 g/mol. The van der Waals surface area contributed by atoms with Gasteiger partial charge in [0.2, 0.25) is 0 Å². The summed E-state index contributed by atoms with van der Waals surface area (Å²) in [6, 6.07) is 20.8. The number of rotatable bonds is 5. The highest BCUT2D eigenvalue weighted by molar-refractivity contribution is 5.58. The van der Waals surface area contributed by atoms with Crippen LogP contribution in [0.2, 0.25) is 0 Å². The van der Waals surface area contributed by atoms with Crippen LogP contribution < -0.4 is 0 Å². The fraction of sp³-hybridized carbons (Fsp3) is 0.316. The van der Waals surface area contributed by atoms with Gasteiger partial charge in [-0.15, -0.1) is 0 Å². The van der Waals surface area contributed by atoms with Crippen LogP contribution in [0.1, 0.15) is 11.1 Å². The van der Waals surface area contributed by atoms with E-state index < -0.39 is 0 Å². The Bertz CT molecular complexity index is 585. The van der Waals surface area contributed by atoms with Crippen molar-refractivity contribution in [3.8, 4) is 0 Å². The summed E-state index contributed by atoms with van der Waals surface area (Å²) < 4.78 is 0. The molecule has 1 aliphatic heterocycles. The molecule has 0 aromatic heterocycles. The van der Waals surface area contributed by atoms with E-state index in [4.69, 9.17) is 0 Å². The van der Waals surface area contributed by atoms with E-state index in [1.165, 1.54) is 11.1 Å². The molecule has 1 atom stereocenters. The van der Waals surface area contributed by atoms with Crippen LogP contribution in [-0.2, 0) is 17.9 Å². The second kappa shape index (κ2) is 7.34. The summed E-state index contributed by atoms with van der Waals surface area (Å²) in [5.41, 5.74) is 2.58. The number of benzene rings is 2. The minimum Gasteiger partial charge on any atom is -0.302 e. The standard InChI is InChI=1S/C19H22N2O/c22-16-19-15-20(13-17-7-3-1-4-8-17)11-12-21(19)14-18-9-5-2-6-10-18/h1-10,16,19H,11-15H2/t19-/m0/s1. The first-order valence-corrected chi connectivity index (χ1v) is 7.85. The van der Waals surface area contributed by atoms with Crippen molar-refractivity contribution in [3.05, 3.63) is 71.8 Å². The second-order valence-electron chi connectivity index (χ2n) is 5.88. The van der Waals surface area contributed by atoms with Crippen LogP contribution in [0.15, 0.2) is 60.7 Å². The van der Waals surface area contributed by atoms with Gasteiger partial charge in [-0.25, -0.2) is 0 Å². The van der Waals surface area contributed by atoms with Crippen molar-refractivity contribution >= 4 is 6.29 Å². The van der Waals surface area contributed by atoms with Crippen LogP contribution in [0.3, 0.4) is 0 Å². The Hall–Kier alpha value is -1.97. The predicted molar refractivity (Wildman–Crippen MR) is 88.4 cm³/mol. The molecule has 22 heavy (non-hydrogen) atoms. The first kappa shape index (κ1) is 14.9. The summed E-state index contributed by atoms with van der Waals surface area (Å²) in [4.78, 5) is 16.1. The van der Waals surface area contributed by atoms with Gasteiger partial charge in [0.1, 0.15) is 6.29 Å². The second-order valence-corrected chi connectivity index (χ2v) is 5.88. The molecule has 1 saturated heterocycles. The number of hydrogen-bond donors (Lipinski definition) is 0. The Morgan fingerprint density at radius 3 is 2.05 bits per heavy atom. The van der Waals surface area contributed by atoms with Gasteiger partial charge in [-0.05, 0) is 11.1 Å². The van der Waals surface area contributed by atoms with Gasteiger partial charge in [0.25, 0.3) is 0 Å². The molecule has 1 aliphatic rings. The van der Waals surface area contributed by atoms with Crippen LogP contribution in [0.4, 0.5) is 0 Å². The highest BCUT2D eigenvalue weighted by Gasteiger charge is 2.26. The highest BCUT2D eigenvalue weighted by atomic mass is 16.1.